The van der Waals surface area contributed by atoms with E-state index in [1.54, 1.807) is 12.4 Å². The van der Waals surface area contributed by atoms with Gasteiger partial charge in [0.2, 0.25) is 5.95 Å². The summed E-state index contributed by atoms with van der Waals surface area (Å²) in [6.45, 7) is 2.31. The Hall–Kier alpha value is -2.21. The van der Waals surface area contributed by atoms with Crippen molar-refractivity contribution in [1.29, 1.82) is 0 Å². The molecule has 116 valence electrons. The summed E-state index contributed by atoms with van der Waals surface area (Å²) >= 11 is 0. The smallest absolute Gasteiger partial charge is 0.224 e. The zero-order chi connectivity index (χ0) is 15.2. The number of piperidine rings is 1. The second-order valence-electron chi connectivity index (χ2n) is 5.48. The molecule has 2 aromatic rings. The van der Waals surface area contributed by atoms with Crippen molar-refractivity contribution in [3.8, 4) is 0 Å². The van der Waals surface area contributed by atoms with Crippen LogP contribution in [0.3, 0.4) is 0 Å². The van der Waals surface area contributed by atoms with E-state index >= 15 is 0 Å². The summed E-state index contributed by atoms with van der Waals surface area (Å²) in [6, 6.07) is 7.80. The molecule has 2 N–H and O–H groups in total. The van der Waals surface area contributed by atoms with Crippen molar-refractivity contribution in [2.24, 2.45) is 0 Å². The van der Waals surface area contributed by atoms with Crippen LogP contribution in [0.25, 0.3) is 0 Å². The highest BCUT2D eigenvalue weighted by Crippen LogP contribution is 2.18. The Morgan fingerprint density at radius 3 is 3.00 bits per heavy atom. The molecular formula is C16H21N5O. The summed E-state index contributed by atoms with van der Waals surface area (Å²) in [5, 5.41) is 13.0. The number of β-amino-alcohol motifs (C(OH)–C–C–N with tert-alkyl or cyclic N) is 1. The molecule has 6 heteroatoms. The lowest BCUT2D eigenvalue weighted by atomic mass is 10.1. The van der Waals surface area contributed by atoms with Gasteiger partial charge in [0.05, 0.1) is 6.10 Å². The first-order valence-electron chi connectivity index (χ1n) is 7.71. The number of nitrogens with zero attached hydrogens (tertiary/aromatic N) is 4. The fraction of sp³-hybridized carbons (Fsp3) is 0.438. The van der Waals surface area contributed by atoms with Gasteiger partial charge in [0.25, 0.3) is 0 Å². The Labute approximate surface area is 130 Å². The number of hydrogen-bond acceptors (Lipinski definition) is 6. The number of aliphatic hydroxyl groups is 1. The number of aromatic nitrogens is 3. The van der Waals surface area contributed by atoms with Crippen LogP contribution in [0.1, 0.15) is 18.5 Å². The molecule has 1 atom stereocenters. The van der Waals surface area contributed by atoms with Crippen LogP contribution in [0.2, 0.25) is 0 Å². The Bertz CT molecular complexity index is 592. The number of anilines is 2. The van der Waals surface area contributed by atoms with Crippen LogP contribution in [0, 0.1) is 0 Å². The Morgan fingerprint density at radius 2 is 2.18 bits per heavy atom. The minimum atomic E-state index is -0.260. The van der Waals surface area contributed by atoms with Crippen molar-refractivity contribution in [1.82, 2.24) is 15.0 Å². The number of nitrogens with one attached hydrogen (secondary N) is 1. The first kappa shape index (κ1) is 14.7. The lowest BCUT2D eigenvalue weighted by molar-refractivity contribution is 0.154. The van der Waals surface area contributed by atoms with E-state index in [0.29, 0.717) is 12.5 Å². The molecule has 0 amide bonds. The fourth-order valence-corrected chi connectivity index (χ4v) is 2.62. The second kappa shape index (κ2) is 7.17. The zero-order valence-corrected chi connectivity index (χ0v) is 12.5. The third-order valence-corrected chi connectivity index (χ3v) is 3.75. The topological polar surface area (TPSA) is 74.2 Å². The van der Waals surface area contributed by atoms with Gasteiger partial charge in [0.1, 0.15) is 5.82 Å². The van der Waals surface area contributed by atoms with E-state index < -0.39 is 0 Å². The van der Waals surface area contributed by atoms with E-state index in [-0.39, 0.29) is 6.10 Å². The third-order valence-electron chi connectivity index (χ3n) is 3.75. The highest BCUT2D eigenvalue weighted by molar-refractivity contribution is 5.43. The molecule has 0 radical (unpaired) electrons. The Balaban J connectivity index is 1.57. The molecule has 0 spiro atoms. The van der Waals surface area contributed by atoms with Gasteiger partial charge in [-0.15, -0.1) is 0 Å². The largest absolute Gasteiger partial charge is 0.391 e. The van der Waals surface area contributed by atoms with Crippen LogP contribution in [0.15, 0.2) is 36.7 Å². The normalized spacial score (nSPS) is 18.2. The van der Waals surface area contributed by atoms with E-state index in [2.05, 4.69) is 25.2 Å². The van der Waals surface area contributed by atoms with Gasteiger partial charge >= 0.3 is 0 Å². The maximum atomic E-state index is 9.77. The number of pyridine rings is 1. The summed E-state index contributed by atoms with van der Waals surface area (Å²) in [6.07, 6.45) is 5.99. The van der Waals surface area contributed by atoms with Gasteiger partial charge < -0.3 is 15.3 Å². The van der Waals surface area contributed by atoms with Crippen molar-refractivity contribution in [3.63, 3.8) is 0 Å². The molecule has 3 heterocycles. The molecule has 0 aliphatic carbocycles. The first-order valence-corrected chi connectivity index (χ1v) is 7.71. The van der Waals surface area contributed by atoms with Crippen molar-refractivity contribution < 1.29 is 5.11 Å². The highest BCUT2D eigenvalue weighted by atomic mass is 16.3. The molecule has 0 saturated carbocycles. The van der Waals surface area contributed by atoms with Crippen LogP contribution in [0.4, 0.5) is 11.8 Å². The molecule has 1 aliphatic heterocycles. The van der Waals surface area contributed by atoms with Crippen molar-refractivity contribution in [2.75, 3.05) is 29.9 Å². The summed E-state index contributed by atoms with van der Waals surface area (Å²) < 4.78 is 0. The number of aliphatic hydroxyl groups excluding tert-OH is 1. The summed E-state index contributed by atoms with van der Waals surface area (Å²) in [7, 11) is 0. The minimum Gasteiger partial charge on any atom is -0.391 e. The van der Waals surface area contributed by atoms with Gasteiger partial charge in [-0.3, -0.25) is 4.98 Å². The molecule has 0 aromatic carbocycles. The first-order chi connectivity index (χ1) is 10.8. The van der Waals surface area contributed by atoms with Crippen LogP contribution in [0.5, 0.6) is 0 Å². The van der Waals surface area contributed by atoms with E-state index in [1.807, 2.05) is 24.3 Å². The predicted octanol–water partition coefficient (Wildman–Crippen LogP) is 1.49. The van der Waals surface area contributed by atoms with Crippen molar-refractivity contribution in [3.05, 3.63) is 42.4 Å². The second-order valence-corrected chi connectivity index (χ2v) is 5.48. The molecule has 3 rings (SSSR count). The number of hydrogen-bond donors (Lipinski definition) is 2. The quantitative estimate of drug-likeness (QED) is 0.871. The molecule has 22 heavy (non-hydrogen) atoms. The van der Waals surface area contributed by atoms with Crippen LogP contribution in [-0.4, -0.2) is 45.8 Å². The van der Waals surface area contributed by atoms with Crippen LogP contribution < -0.4 is 10.2 Å². The molecule has 1 fully saturated rings. The standard InChI is InChI=1S/C16H21N5O/c22-14-5-3-11-21(12-14)15-7-10-19-16(20-15)18-9-6-13-4-1-2-8-17-13/h1-2,4,7-8,10,14,22H,3,5-6,9,11-12H2,(H,18,19,20). The Kier molecular flexibility index (Phi) is 4.80. The van der Waals surface area contributed by atoms with Crippen LogP contribution >= 0.6 is 0 Å². The molecule has 6 nitrogen and oxygen atoms in total. The minimum absolute atomic E-state index is 0.260. The monoisotopic (exact) mass is 299 g/mol. The van der Waals surface area contributed by atoms with E-state index in [0.717, 1.165) is 43.9 Å². The summed E-state index contributed by atoms with van der Waals surface area (Å²) in [5.41, 5.74) is 1.05. The van der Waals surface area contributed by atoms with Gasteiger partial charge in [-0.2, -0.15) is 4.98 Å². The van der Waals surface area contributed by atoms with Gasteiger partial charge in [0.15, 0.2) is 0 Å². The molecule has 1 saturated heterocycles. The highest BCUT2D eigenvalue weighted by Gasteiger charge is 2.19. The predicted molar refractivity (Wildman–Crippen MR) is 85.9 cm³/mol. The molecule has 1 unspecified atom stereocenters. The summed E-state index contributed by atoms with van der Waals surface area (Å²) in [5.74, 6) is 1.49. The zero-order valence-electron chi connectivity index (χ0n) is 12.5. The van der Waals surface area contributed by atoms with Crippen LogP contribution in [-0.2, 0) is 6.42 Å². The average molecular weight is 299 g/mol. The van der Waals surface area contributed by atoms with Crippen molar-refractivity contribution in [2.45, 2.75) is 25.4 Å². The lowest BCUT2D eigenvalue weighted by Gasteiger charge is -2.31. The van der Waals surface area contributed by atoms with Gasteiger partial charge in [0, 0.05) is 44.1 Å². The maximum Gasteiger partial charge on any atom is 0.224 e. The van der Waals surface area contributed by atoms with E-state index in [4.69, 9.17) is 0 Å². The summed E-state index contributed by atoms with van der Waals surface area (Å²) in [4.78, 5) is 15.2. The third kappa shape index (κ3) is 3.92. The fourth-order valence-electron chi connectivity index (χ4n) is 2.62. The number of rotatable bonds is 5. The van der Waals surface area contributed by atoms with Gasteiger partial charge in [-0.25, -0.2) is 4.98 Å². The lowest BCUT2D eigenvalue weighted by Crippen LogP contribution is -2.38. The van der Waals surface area contributed by atoms with E-state index in [9.17, 15) is 5.11 Å². The Morgan fingerprint density at radius 1 is 1.23 bits per heavy atom. The molecule has 0 bridgehead atoms. The average Bonchev–Trinajstić information content (AvgIpc) is 2.56. The van der Waals surface area contributed by atoms with Gasteiger partial charge in [-0.1, -0.05) is 6.07 Å². The molecular weight excluding hydrogens is 278 g/mol. The SMILES string of the molecule is OC1CCCN(c2ccnc(NCCc3ccccn3)n2)C1. The molecule has 2 aromatic heterocycles. The molecule has 1 aliphatic rings. The van der Waals surface area contributed by atoms with E-state index in [1.165, 1.54) is 0 Å². The van der Waals surface area contributed by atoms with Crippen molar-refractivity contribution >= 4 is 11.8 Å². The van der Waals surface area contributed by atoms with Gasteiger partial charge in [-0.05, 0) is 31.0 Å². The maximum absolute atomic E-state index is 9.77.